The number of nitrogens with one attached hydrogen (secondary N) is 1. The van der Waals surface area contributed by atoms with Crippen LogP contribution in [0.4, 0.5) is 8.78 Å². The van der Waals surface area contributed by atoms with Crippen LogP contribution in [-0.2, 0) is 6.54 Å². The van der Waals surface area contributed by atoms with Crippen LogP contribution in [0.2, 0.25) is 0 Å². The Hall–Kier alpha value is -2.87. The number of aromatic nitrogens is 4. The molecule has 2 heterocycles. The summed E-state index contributed by atoms with van der Waals surface area (Å²) in [6, 6.07) is 11.6. The molecule has 3 aromatic rings. The third-order valence-electron chi connectivity index (χ3n) is 3.85. The monoisotopic (exact) mass is 359 g/mol. The molecule has 0 bridgehead atoms. The second-order valence-electron chi connectivity index (χ2n) is 5.74. The van der Waals surface area contributed by atoms with Crippen molar-refractivity contribution in [1.82, 2.24) is 25.1 Å². The van der Waals surface area contributed by atoms with Gasteiger partial charge < -0.3 is 10.1 Å². The van der Waals surface area contributed by atoms with Gasteiger partial charge in [-0.3, -0.25) is 0 Å². The fraction of sp³-hybridized carbons (Fsp3) is 0.278. The molecule has 0 spiro atoms. The quantitative estimate of drug-likeness (QED) is 0.669. The number of nitrogens with zero attached hydrogens (tertiary/aromatic N) is 4. The highest BCUT2D eigenvalue weighted by molar-refractivity contribution is 5.34. The van der Waals surface area contributed by atoms with E-state index in [2.05, 4.69) is 27.3 Å². The normalized spacial score (nSPS) is 12.3. The first-order valence-electron chi connectivity index (χ1n) is 8.16. The maximum absolute atomic E-state index is 12.2. The molecule has 1 unspecified atom stereocenters. The number of hydrogen-bond acceptors (Lipinski definition) is 5. The van der Waals surface area contributed by atoms with Crippen molar-refractivity contribution < 1.29 is 13.5 Å². The summed E-state index contributed by atoms with van der Waals surface area (Å²) >= 11 is 0. The Morgan fingerprint density at radius 1 is 1.19 bits per heavy atom. The van der Waals surface area contributed by atoms with E-state index in [4.69, 9.17) is 4.74 Å². The summed E-state index contributed by atoms with van der Waals surface area (Å²) in [7, 11) is 0. The van der Waals surface area contributed by atoms with Crippen molar-refractivity contribution in [2.75, 3.05) is 6.61 Å². The predicted octanol–water partition coefficient (Wildman–Crippen LogP) is 3.16. The molecule has 6 nitrogen and oxygen atoms in total. The largest absolute Gasteiger partial charge is 0.472 e. The van der Waals surface area contributed by atoms with Crippen LogP contribution < -0.4 is 10.1 Å². The van der Waals surface area contributed by atoms with Gasteiger partial charge in [-0.15, -0.1) is 0 Å². The van der Waals surface area contributed by atoms with E-state index in [9.17, 15) is 8.78 Å². The summed E-state index contributed by atoms with van der Waals surface area (Å²) in [5.74, 6) is 0.203. The third kappa shape index (κ3) is 4.82. The number of alkyl halides is 2. The lowest BCUT2D eigenvalue weighted by Crippen LogP contribution is -2.18. The molecule has 1 atom stereocenters. The highest BCUT2D eigenvalue weighted by Gasteiger charge is 2.08. The minimum absolute atomic E-state index is 0.110. The van der Waals surface area contributed by atoms with Crippen molar-refractivity contribution in [3.8, 4) is 11.6 Å². The van der Waals surface area contributed by atoms with E-state index in [0.29, 0.717) is 6.54 Å². The van der Waals surface area contributed by atoms with Gasteiger partial charge in [-0.1, -0.05) is 12.1 Å². The summed E-state index contributed by atoms with van der Waals surface area (Å²) in [5, 5.41) is 7.49. The highest BCUT2D eigenvalue weighted by atomic mass is 19.3. The lowest BCUT2D eigenvalue weighted by atomic mass is 10.1. The smallest absolute Gasteiger partial charge is 0.272 e. The van der Waals surface area contributed by atoms with E-state index in [1.807, 2.05) is 30.3 Å². The van der Waals surface area contributed by atoms with Gasteiger partial charge in [0.1, 0.15) is 12.7 Å². The first kappa shape index (κ1) is 17.9. The van der Waals surface area contributed by atoms with Crippen LogP contribution in [0, 0.1) is 0 Å². The molecule has 0 aliphatic rings. The van der Waals surface area contributed by atoms with Gasteiger partial charge in [0.25, 0.3) is 6.43 Å². The summed E-state index contributed by atoms with van der Waals surface area (Å²) in [6.07, 6.45) is 2.18. The second-order valence-corrected chi connectivity index (χ2v) is 5.74. The van der Waals surface area contributed by atoms with E-state index in [0.717, 1.165) is 16.8 Å². The molecular formula is C18H19F2N5O. The second kappa shape index (κ2) is 8.48. The lowest BCUT2D eigenvalue weighted by molar-refractivity contribution is 0.0795. The zero-order chi connectivity index (χ0) is 18.4. The molecule has 0 radical (unpaired) electrons. The molecule has 1 aromatic carbocycles. The average Bonchev–Trinajstić information content (AvgIpc) is 3.20. The molecule has 136 valence electrons. The van der Waals surface area contributed by atoms with Crippen molar-refractivity contribution >= 4 is 0 Å². The SMILES string of the molecule is CC(NCc1ccnc(OCC(F)F)c1)c1ccc(-n2cncn2)cc1. The molecule has 0 amide bonds. The zero-order valence-electron chi connectivity index (χ0n) is 14.2. The Morgan fingerprint density at radius 3 is 2.69 bits per heavy atom. The molecule has 0 aliphatic heterocycles. The molecule has 26 heavy (non-hydrogen) atoms. The third-order valence-corrected chi connectivity index (χ3v) is 3.85. The summed E-state index contributed by atoms with van der Waals surface area (Å²) in [6.45, 7) is 1.97. The van der Waals surface area contributed by atoms with E-state index in [1.165, 1.54) is 6.33 Å². The van der Waals surface area contributed by atoms with Crippen LogP contribution >= 0.6 is 0 Å². The minimum atomic E-state index is -2.51. The highest BCUT2D eigenvalue weighted by Crippen LogP contribution is 2.17. The average molecular weight is 359 g/mol. The summed E-state index contributed by atoms with van der Waals surface area (Å²) in [4.78, 5) is 7.87. The van der Waals surface area contributed by atoms with Crippen LogP contribution in [-0.4, -0.2) is 32.8 Å². The number of pyridine rings is 1. The van der Waals surface area contributed by atoms with Crippen molar-refractivity contribution in [3.05, 3.63) is 66.4 Å². The van der Waals surface area contributed by atoms with Gasteiger partial charge in [0.15, 0.2) is 6.61 Å². The molecule has 0 saturated carbocycles. The Bertz CT molecular complexity index is 809. The van der Waals surface area contributed by atoms with Crippen molar-refractivity contribution in [2.24, 2.45) is 0 Å². The number of ether oxygens (including phenoxy) is 1. The van der Waals surface area contributed by atoms with Gasteiger partial charge in [-0.2, -0.15) is 5.10 Å². The Labute approximate surface area is 149 Å². The zero-order valence-corrected chi connectivity index (χ0v) is 14.2. The van der Waals surface area contributed by atoms with Crippen LogP contribution in [0.5, 0.6) is 5.88 Å². The fourth-order valence-corrected chi connectivity index (χ4v) is 2.43. The predicted molar refractivity (Wildman–Crippen MR) is 92.3 cm³/mol. The maximum atomic E-state index is 12.2. The van der Waals surface area contributed by atoms with E-state index in [-0.39, 0.29) is 11.9 Å². The van der Waals surface area contributed by atoms with E-state index >= 15 is 0 Å². The minimum Gasteiger partial charge on any atom is -0.472 e. The Morgan fingerprint density at radius 2 is 2.00 bits per heavy atom. The van der Waals surface area contributed by atoms with Crippen molar-refractivity contribution in [3.63, 3.8) is 0 Å². The van der Waals surface area contributed by atoms with Gasteiger partial charge in [0, 0.05) is 24.8 Å². The topological polar surface area (TPSA) is 64.9 Å². The Balaban J connectivity index is 1.56. The number of hydrogen-bond donors (Lipinski definition) is 1. The van der Waals surface area contributed by atoms with Crippen LogP contribution in [0.25, 0.3) is 5.69 Å². The first-order chi connectivity index (χ1) is 12.6. The summed E-state index contributed by atoms with van der Waals surface area (Å²) < 4.78 is 31.1. The number of halogens is 2. The van der Waals surface area contributed by atoms with Crippen LogP contribution in [0.15, 0.2) is 55.2 Å². The van der Waals surface area contributed by atoms with Crippen molar-refractivity contribution in [2.45, 2.75) is 25.9 Å². The molecule has 0 saturated heterocycles. The first-order valence-corrected chi connectivity index (χ1v) is 8.16. The van der Waals surface area contributed by atoms with Gasteiger partial charge in [-0.25, -0.2) is 23.4 Å². The van der Waals surface area contributed by atoms with Crippen LogP contribution in [0.1, 0.15) is 24.1 Å². The molecular weight excluding hydrogens is 340 g/mol. The van der Waals surface area contributed by atoms with Crippen LogP contribution in [0.3, 0.4) is 0 Å². The van der Waals surface area contributed by atoms with E-state index in [1.54, 1.807) is 23.3 Å². The van der Waals surface area contributed by atoms with Gasteiger partial charge in [0.2, 0.25) is 5.88 Å². The Kier molecular flexibility index (Phi) is 5.85. The maximum Gasteiger partial charge on any atom is 0.272 e. The molecule has 3 rings (SSSR count). The van der Waals surface area contributed by atoms with Crippen molar-refractivity contribution in [1.29, 1.82) is 0 Å². The molecule has 8 heteroatoms. The molecule has 1 N–H and O–H groups in total. The van der Waals surface area contributed by atoms with Gasteiger partial charge in [0.05, 0.1) is 5.69 Å². The molecule has 2 aromatic heterocycles. The number of rotatable bonds is 8. The molecule has 0 fully saturated rings. The lowest BCUT2D eigenvalue weighted by Gasteiger charge is -2.15. The summed E-state index contributed by atoms with van der Waals surface area (Å²) in [5.41, 5.74) is 2.97. The van der Waals surface area contributed by atoms with Gasteiger partial charge >= 0.3 is 0 Å². The fourth-order valence-electron chi connectivity index (χ4n) is 2.43. The standard InChI is InChI=1S/C18H19F2N5O/c1-13(15-2-4-16(5-3-15)25-12-21-11-24-25)23-9-14-6-7-22-18(8-14)26-10-17(19)20/h2-8,11-13,17,23H,9-10H2,1H3. The van der Waals surface area contributed by atoms with Gasteiger partial charge in [-0.05, 0) is 36.2 Å². The number of benzene rings is 1. The molecule has 0 aliphatic carbocycles. The van der Waals surface area contributed by atoms with E-state index < -0.39 is 13.0 Å².